The Kier molecular flexibility index (Phi) is 8.26. The van der Waals surface area contributed by atoms with E-state index in [0.29, 0.717) is 10.8 Å². The molecule has 174 valence electrons. The van der Waals surface area contributed by atoms with Crippen molar-refractivity contribution in [2.24, 2.45) is 0 Å². The van der Waals surface area contributed by atoms with Crippen molar-refractivity contribution in [1.82, 2.24) is 20.1 Å². The third kappa shape index (κ3) is 6.40. The number of hydrogen-bond donors (Lipinski definition) is 1. The van der Waals surface area contributed by atoms with Crippen LogP contribution >= 0.6 is 39.3 Å². The lowest BCUT2D eigenvalue weighted by Gasteiger charge is -2.12. The molecule has 0 bridgehead atoms. The highest BCUT2D eigenvalue weighted by Crippen LogP contribution is 2.27. The lowest BCUT2D eigenvalue weighted by atomic mass is 10.1. The van der Waals surface area contributed by atoms with Crippen LogP contribution in [0.3, 0.4) is 0 Å². The maximum Gasteiger partial charge on any atom is 0.224 e. The molecule has 0 fully saturated rings. The molecule has 34 heavy (non-hydrogen) atoms. The summed E-state index contributed by atoms with van der Waals surface area (Å²) in [6.07, 6.45) is 0.264. The van der Waals surface area contributed by atoms with E-state index in [0.717, 1.165) is 32.4 Å². The molecule has 4 rings (SSSR count). The summed E-state index contributed by atoms with van der Waals surface area (Å²) in [5.74, 6) is 2.01. The Morgan fingerprint density at radius 3 is 2.50 bits per heavy atom. The van der Waals surface area contributed by atoms with Crippen LogP contribution in [-0.4, -0.2) is 27.8 Å². The summed E-state index contributed by atoms with van der Waals surface area (Å²) in [5, 5.41) is 13.0. The number of aromatic nitrogens is 3. The van der Waals surface area contributed by atoms with Crippen LogP contribution in [0, 0.1) is 0 Å². The van der Waals surface area contributed by atoms with Gasteiger partial charge in [-0.3, -0.25) is 9.36 Å². The maximum atomic E-state index is 12.6. The fourth-order valence-corrected chi connectivity index (χ4v) is 4.66. The molecular formula is C25H22BrClN4O2S. The van der Waals surface area contributed by atoms with Crippen molar-refractivity contribution in [1.29, 1.82) is 0 Å². The smallest absolute Gasteiger partial charge is 0.224 e. The molecule has 0 spiro atoms. The molecule has 0 radical (unpaired) electrons. The van der Waals surface area contributed by atoms with E-state index >= 15 is 0 Å². The molecule has 0 saturated carbocycles. The zero-order valence-electron chi connectivity index (χ0n) is 18.4. The molecule has 1 amide bonds. The van der Waals surface area contributed by atoms with Crippen LogP contribution in [-0.2, 0) is 23.5 Å². The highest BCUT2D eigenvalue weighted by atomic mass is 79.9. The Morgan fingerprint density at radius 2 is 1.79 bits per heavy atom. The largest absolute Gasteiger partial charge is 0.497 e. The molecule has 0 unspecified atom stereocenters. The first-order chi connectivity index (χ1) is 16.5. The van der Waals surface area contributed by atoms with Gasteiger partial charge in [0.2, 0.25) is 5.91 Å². The number of rotatable bonds is 9. The van der Waals surface area contributed by atoms with Gasteiger partial charge in [-0.05, 0) is 53.6 Å². The molecule has 1 aromatic heterocycles. The van der Waals surface area contributed by atoms with Crippen LogP contribution in [0.2, 0.25) is 5.02 Å². The number of ether oxygens (including phenoxy) is 1. The summed E-state index contributed by atoms with van der Waals surface area (Å²) in [7, 11) is 1.61. The molecule has 1 N–H and O–H groups in total. The van der Waals surface area contributed by atoms with Gasteiger partial charge in [-0.1, -0.05) is 69.6 Å². The third-order valence-electron chi connectivity index (χ3n) is 5.02. The number of hydrogen-bond acceptors (Lipinski definition) is 5. The van der Waals surface area contributed by atoms with Gasteiger partial charge in [-0.15, -0.1) is 10.2 Å². The van der Waals surface area contributed by atoms with Gasteiger partial charge in [0, 0.05) is 15.2 Å². The lowest BCUT2D eigenvalue weighted by molar-refractivity contribution is -0.120. The van der Waals surface area contributed by atoms with Crippen molar-refractivity contribution in [3.05, 3.63) is 99.2 Å². The van der Waals surface area contributed by atoms with Gasteiger partial charge in [0.15, 0.2) is 11.0 Å². The van der Waals surface area contributed by atoms with E-state index < -0.39 is 0 Å². The maximum absolute atomic E-state index is 12.6. The van der Waals surface area contributed by atoms with Crippen LogP contribution in [0.5, 0.6) is 5.75 Å². The molecule has 3 aromatic carbocycles. The number of carbonyl (C=O) groups is 1. The van der Waals surface area contributed by atoms with Crippen molar-refractivity contribution in [3.63, 3.8) is 0 Å². The number of carbonyl (C=O) groups excluding carboxylic acids is 1. The third-order valence-corrected chi connectivity index (χ3v) is 6.78. The Balaban J connectivity index is 1.49. The van der Waals surface area contributed by atoms with Crippen LogP contribution in [0.4, 0.5) is 0 Å². The number of amides is 1. The number of nitrogens with zero attached hydrogens (tertiary/aromatic N) is 3. The van der Waals surface area contributed by atoms with Crippen LogP contribution in [0.25, 0.3) is 5.69 Å². The predicted molar refractivity (Wildman–Crippen MR) is 139 cm³/mol. The Labute approximate surface area is 215 Å². The second kappa shape index (κ2) is 11.6. The molecule has 0 saturated heterocycles. The molecule has 0 atom stereocenters. The SMILES string of the molecule is COc1ccc(CC(=O)NCc2nnc(SCc3ccc(Br)cc3)n2-c2cccc(Cl)c2)cc1. The predicted octanol–water partition coefficient (Wildman–Crippen LogP) is 5.84. The zero-order chi connectivity index (χ0) is 23.9. The first-order valence-electron chi connectivity index (χ1n) is 10.5. The van der Waals surface area contributed by atoms with E-state index in [2.05, 4.69) is 43.6 Å². The topological polar surface area (TPSA) is 69.0 Å². The minimum absolute atomic E-state index is 0.102. The van der Waals surface area contributed by atoms with E-state index in [1.807, 2.05) is 65.2 Å². The molecular weight excluding hydrogens is 536 g/mol. The van der Waals surface area contributed by atoms with Gasteiger partial charge in [-0.25, -0.2) is 0 Å². The molecule has 0 aliphatic rings. The summed E-state index contributed by atoms with van der Waals surface area (Å²) >= 11 is 11.3. The fraction of sp³-hybridized carbons (Fsp3) is 0.160. The molecule has 0 aliphatic heterocycles. The minimum Gasteiger partial charge on any atom is -0.497 e. The highest BCUT2D eigenvalue weighted by Gasteiger charge is 2.16. The summed E-state index contributed by atoms with van der Waals surface area (Å²) < 4.78 is 8.14. The Hall–Kier alpha value is -2.81. The Morgan fingerprint density at radius 1 is 1.06 bits per heavy atom. The van der Waals surface area contributed by atoms with E-state index in [1.165, 1.54) is 5.56 Å². The monoisotopic (exact) mass is 556 g/mol. The van der Waals surface area contributed by atoms with Crippen molar-refractivity contribution in [2.75, 3.05) is 7.11 Å². The number of halogens is 2. The average molecular weight is 558 g/mol. The lowest BCUT2D eigenvalue weighted by Crippen LogP contribution is -2.26. The summed E-state index contributed by atoms with van der Waals surface area (Å²) in [6, 6.07) is 23.1. The van der Waals surface area contributed by atoms with Gasteiger partial charge in [0.05, 0.1) is 25.8 Å². The van der Waals surface area contributed by atoms with Crippen LogP contribution in [0.15, 0.2) is 82.4 Å². The second-order valence-electron chi connectivity index (χ2n) is 7.43. The van der Waals surface area contributed by atoms with Crippen molar-refractivity contribution in [2.45, 2.75) is 23.9 Å². The zero-order valence-corrected chi connectivity index (χ0v) is 21.5. The minimum atomic E-state index is -0.102. The summed E-state index contributed by atoms with van der Waals surface area (Å²) in [4.78, 5) is 12.6. The fourth-order valence-electron chi connectivity index (χ4n) is 3.28. The van der Waals surface area contributed by atoms with Crippen molar-refractivity contribution >= 4 is 45.2 Å². The van der Waals surface area contributed by atoms with Gasteiger partial charge >= 0.3 is 0 Å². The van der Waals surface area contributed by atoms with E-state index in [4.69, 9.17) is 16.3 Å². The van der Waals surface area contributed by atoms with Gasteiger partial charge < -0.3 is 10.1 Å². The quantitative estimate of drug-likeness (QED) is 0.262. The molecule has 4 aromatic rings. The van der Waals surface area contributed by atoms with E-state index in [1.54, 1.807) is 18.9 Å². The highest BCUT2D eigenvalue weighted by molar-refractivity contribution is 9.10. The average Bonchev–Trinajstić information content (AvgIpc) is 3.26. The van der Waals surface area contributed by atoms with Crippen LogP contribution in [0.1, 0.15) is 17.0 Å². The normalized spacial score (nSPS) is 10.8. The number of methoxy groups -OCH3 is 1. The van der Waals surface area contributed by atoms with Crippen molar-refractivity contribution in [3.8, 4) is 11.4 Å². The molecule has 1 heterocycles. The molecule has 0 aliphatic carbocycles. The number of thioether (sulfide) groups is 1. The standard InChI is InChI=1S/C25H22BrClN4O2S/c1-33-22-11-7-17(8-12-22)13-24(32)28-15-23-29-30-25(31(23)21-4-2-3-20(27)14-21)34-16-18-5-9-19(26)10-6-18/h2-12,14H,13,15-16H2,1H3,(H,28,32). The van der Waals surface area contributed by atoms with Gasteiger partial charge in [-0.2, -0.15) is 0 Å². The molecule has 9 heteroatoms. The van der Waals surface area contributed by atoms with Gasteiger partial charge in [0.25, 0.3) is 0 Å². The molecule has 6 nitrogen and oxygen atoms in total. The van der Waals surface area contributed by atoms with Crippen LogP contribution < -0.4 is 10.1 Å². The summed E-state index contributed by atoms with van der Waals surface area (Å²) in [6.45, 7) is 0.243. The van der Waals surface area contributed by atoms with Crippen molar-refractivity contribution < 1.29 is 9.53 Å². The first-order valence-corrected chi connectivity index (χ1v) is 12.6. The Bertz CT molecular complexity index is 1260. The second-order valence-corrected chi connectivity index (χ2v) is 9.73. The van der Waals surface area contributed by atoms with E-state index in [-0.39, 0.29) is 18.9 Å². The summed E-state index contributed by atoms with van der Waals surface area (Å²) in [5.41, 5.74) is 2.92. The van der Waals surface area contributed by atoms with E-state index in [9.17, 15) is 4.79 Å². The number of nitrogens with one attached hydrogen (secondary N) is 1. The number of benzene rings is 3. The van der Waals surface area contributed by atoms with Gasteiger partial charge in [0.1, 0.15) is 5.75 Å². The first kappa shape index (κ1) is 24.3.